The summed E-state index contributed by atoms with van der Waals surface area (Å²) >= 11 is 0. The number of Topliss-reactive ketones (excluding diaryl/α,β-unsaturated/α-hetero) is 1. The number of likely N-dealkylation sites (N-methyl/N-ethyl adjacent to an activating group) is 1. The van der Waals surface area contributed by atoms with E-state index in [-0.39, 0.29) is 11.7 Å². The fraction of sp³-hybridized carbons (Fsp3) is 0.846. The molecule has 1 saturated heterocycles. The highest BCUT2D eigenvalue weighted by atomic mass is 16.2. The van der Waals surface area contributed by atoms with Crippen molar-refractivity contribution in [2.75, 3.05) is 33.2 Å². The Morgan fingerprint density at radius 3 is 2.53 bits per heavy atom. The van der Waals surface area contributed by atoms with Gasteiger partial charge in [0.05, 0.1) is 6.54 Å². The average molecular weight is 238 g/mol. The minimum Gasteiger partial charge on any atom is -0.341 e. The molecule has 1 aliphatic carbocycles. The normalized spacial score (nSPS) is 21.8. The maximum Gasteiger partial charge on any atom is 0.236 e. The number of piperidine rings is 1. The van der Waals surface area contributed by atoms with Crippen LogP contribution in [-0.2, 0) is 9.59 Å². The van der Waals surface area contributed by atoms with E-state index >= 15 is 0 Å². The molecular formula is C13H22N2O2. The van der Waals surface area contributed by atoms with Crippen molar-refractivity contribution in [1.29, 1.82) is 0 Å². The Balaban J connectivity index is 1.70. The third-order valence-electron chi connectivity index (χ3n) is 3.87. The summed E-state index contributed by atoms with van der Waals surface area (Å²) in [7, 11) is 2.02. The number of carbonyl (C=O) groups is 2. The van der Waals surface area contributed by atoms with E-state index in [9.17, 15) is 9.59 Å². The quantitative estimate of drug-likeness (QED) is 0.731. The molecule has 17 heavy (non-hydrogen) atoms. The highest BCUT2D eigenvalue weighted by Crippen LogP contribution is 2.26. The average Bonchev–Trinajstić information content (AvgIpc) is 2.24. The van der Waals surface area contributed by atoms with Gasteiger partial charge in [-0.05, 0) is 25.8 Å². The van der Waals surface area contributed by atoms with Gasteiger partial charge < -0.3 is 4.90 Å². The van der Waals surface area contributed by atoms with Crippen molar-refractivity contribution in [3.8, 4) is 0 Å². The summed E-state index contributed by atoms with van der Waals surface area (Å²) in [6.07, 6.45) is 5.06. The van der Waals surface area contributed by atoms with Crippen LogP contribution in [0.5, 0.6) is 0 Å². The smallest absolute Gasteiger partial charge is 0.236 e. The molecule has 1 saturated carbocycles. The van der Waals surface area contributed by atoms with E-state index in [2.05, 4.69) is 4.90 Å². The molecule has 0 spiro atoms. The number of carbonyl (C=O) groups excluding carboxylic acids is 2. The van der Waals surface area contributed by atoms with Gasteiger partial charge in [-0.3, -0.25) is 14.5 Å². The topological polar surface area (TPSA) is 40.6 Å². The van der Waals surface area contributed by atoms with Gasteiger partial charge >= 0.3 is 0 Å². The van der Waals surface area contributed by atoms with E-state index in [1.54, 1.807) is 0 Å². The van der Waals surface area contributed by atoms with Crippen LogP contribution in [-0.4, -0.2) is 54.7 Å². The first-order valence-corrected chi connectivity index (χ1v) is 6.63. The second kappa shape index (κ2) is 5.63. The third-order valence-corrected chi connectivity index (χ3v) is 3.87. The fourth-order valence-electron chi connectivity index (χ4n) is 2.52. The summed E-state index contributed by atoms with van der Waals surface area (Å²) in [5.74, 6) is 1.27. The van der Waals surface area contributed by atoms with Gasteiger partial charge in [0.25, 0.3) is 0 Å². The maximum atomic E-state index is 12.0. The van der Waals surface area contributed by atoms with Crippen LogP contribution in [0.4, 0.5) is 0 Å². The van der Waals surface area contributed by atoms with Gasteiger partial charge in [-0.25, -0.2) is 0 Å². The number of nitrogens with zero attached hydrogens (tertiary/aromatic N) is 2. The molecule has 0 N–H and O–H groups in total. The van der Waals surface area contributed by atoms with Crippen molar-refractivity contribution in [2.45, 2.75) is 32.1 Å². The molecule has 4 heteroatoms. The molecule has 1 aliphatic heterocycles. The van der Waals surface area contributed by atoms with Crippen LogP contribution in [0.2, 0.25) is 0 Å². The van der Waals surface area contributed by atoms with Gasteiger partial charge in [0.2, 0.25) is 5.91 Å². The molecule has 0 unspecified atom stereocenters. The molecule has 4 nitrogen and oxygen atoms in total. The van der Waals surface area contributed by atoms with Crippen LogP contribution >= 0.6 is 0 Å². The minimum atomic E-state index is 0.180. The molecule has 0 atom stereocenters. The summed E-state index contributed by atoms with van der Waals surface area (Å²) in [4.78, 5) is 27.0. The summed E-state index contributed by atoms with van der Waals surface area (Å²) in [5, 5.41) is 0. The maximum absolute atomic E-state index is 12.0. The van der Waals surface area contributed by atoms with Crippen molar-refractivity contribution < 1.29 is 9.59 Å². The second-order valence-corrected chi connectivity index (χ2v) is 5.41. The van der Waals surface area contributed by atoms with E-state index in [0.717, 1.165) is 12.5 Å². The monoisotopic (exact) mass is 238 g/mol. The molecule has 0 aromatic rings. The molecule has 0 aromatic carbocycles. The Hall–Kier alpha value is -0.900. The highest BCUT2D eigenvalue weighted by Gasteiger charge is 2.23. The molecule has 2 fully saturated rings. The summed E-state index contributed by atoms with van der Waals surface area (Å²) < 4.78 is 0. The lowest BCUT2D eigenvalue weighted by atomic mass is 9.85. The van der Waals surface area contributed by atoms with Crippen molar-refractivity contribution in [2.24, 2.45) is 5.92 Å². The van der Waals surface area contributed by atoms with Gasteiger partial charge in [0.15, 0.2) is 0 Å². The molecular weight excluding hydrogens is 216 g/mol. The van der Waals surface area contributed by atoms with E-state index in [4.69, 9.17) is 0 Å². The van der Waals surface area contributed by atoms with Crippen LogP contribution in [0.3, 0.4) is 0 Å². The Morgan fingerprint density at radius 1 is 1.35 bits per heavy atom. The van der Waals surface area contributed by atoms with Gasteiger partial charge in [-0.15, -0.1) is 0 Å². The van der Waals surface area contributed by atoms with Gasteiger partial charge in [0.1, 0.15) is 5.78 Å². The SMILES string of the molecule is CN(CC(=O)N1CCC(=O)CC1)CC1CCC1. The van der Waals surface area contributed by atoms with Crippen molar-refractivity contribution in [3.05, 3.63) is 0 Å². The first kappa shape index (κ1) is 12.6. The van der Waals surface area contributed by atoms with E-state index < -0.39 is 0 Å². The molecule has 1 amide bonds. The van der Waals surface area contributed by atoms with E-state index in [1.807, 2.05) is 11.9 Å². The van der Waals surface area contributed by atoms with E-state index in [0.29, 0.717) is 32.5 Å². The third kappa shape index (κ3) is 3.53. The molecule has 0 aromatic heterocycles. The van der Waals surface area contributed by atoms with Gasteiger partial charge in [-0.1, -0.05) is 6.42 Å². The van der Waals surface area contributed by atoms with Crippen LogP contribution in [0.25, 0.3) is 0 Å². The van der Waals surface area contributed by atoms with Crippen LogP contribution < -0.4 is 0 Å². The zero-order valence-electron chi connectivity index (χ0n) is 10.7. The molecule has 96 valence electrons. The first-order chi connectivity index (χ1) is 8.15. The number of hydrogen-bond donors (Lipinski definition) is 0. The fourth-order valence-corrected chi connectivity index (χ4v) is 2.52. The Labute approximate surface area is 103 Å². The lowest BCUT2D eigenvalue weighted by Gasteiger charge is -2.32. The molecule has 0 radical (unpaired) electrons. The summed E-state index contributed by atoms with van der Waals surface area (Å²) in [6, 6.07) is 0. The van der Waals surface area contributed by atoms with Crippen LogP contribution in [0, 0.1) is 5.92 Å². The predicted octanol–water partition coefficient (Wildman–Crippen LogP) is 0.910. The molecule has 0 bridgehead atoms. The number of hydrogen-bond acceptors (Lipinski definition) is 3. The number of likely N-dealkylation sites (tertiary alicyclic amines) is 1. The highest BCUT2D eigenvalue weighted by molar-refractivity contribution is 5.84. The lowest BCUT2D eigenvalue weighted by molar-refractivity contribution is -0.135. The Kier molecular flexibility index (Phi) is 4.15. The molecule has 2 aliphatic rings. The largest absolute Gasteiger partial charge is 0.341 e. The van der Waals surface area contributed by atoms with Crippen molar-refractivity contribution in [1.82, 2.24) is 9.80 Å². The number of amides is 1. The standard InChI is InChI=1S/C13H22N2O2/c1-14(9-11-3-2-4-11)10-13(17)15-7-5-12(16)6-8-15/h11H,2-10H2,1H3. The second-order valence-electron chi connectivity index (χ2n) is 5.41. The summed E-state index contributed by atoms with van der Waals surface area (Å²) in [5.41, 5.74) is 0. The molecule has 2 rings (SSSR count). The van der Waals surface area contributed by atoms with Gasteiger partial charge in [-0.2, -0.15) is 0 Å². The number of rotatable bonds is 4. The van der Waals surface area contributed by atoms with Gasteiger partial charge in [0, 0.05) is 32.5 Å². The summed E-state index contributed by atoms with van der Waals surface area (Å²) in [6.45, 7) is 2.78. The first-order valence-electron chi connectivity index (χ1n) is 6.63. The Morgan fingerprint density at radius 2 is 2.00 bits per heavy atom. The zero-order valence-corrected chi connectivity index (χ0v) is 10.7. The van der Waals surface area contributed by atoms with Crippen molar-refractivity contribution in [3.63, 3.8) is 0 Å². The zero-order chi connectivity index (χ0) is 12.3. The number of ketones is 1. The lowest BCUT2D eigenvalue weighted by Crippen LogP contribution is -2.44. The molecule has 1 heterocycles. The predicted molar refractivity (Wildman–Crippen MR) is 65.7 cm³/mol. The van der Waals surface area contributed by atoms with Crippen LogP contribution in [0.1, 0.15) is 32.1 Å². The minimum absolute atomic E-state index is 0.180. The van der Waals surface area contributed by atoms with Crippen LogP contribution in [0.15, 0.2) is 0 Å². The van der Waals surface area contributed by atoms with E-state index in [1.165, 1.54) is 19.3 Å². The Bertz CT molecular complexity index is 290. The van der Waals surface area contributed by atoms with Crippen molar-refractivity contribution >= 4 is 11.7 Å².